The van der Waals surface area contributed by atoms with Crippen LogP contribution in [0.1, 0.15) is 18.2 Å². The fourth-order valence-electron chi connectivity index (χ4n) is 3.08. The molecule has 0 radical (unpaired) electrons. The van der Waals surface area contributed by atoms with Crippen LogP contribution < -0.4 is 16.7 Å². The zero-order chi connectivity index (χ0) is 20.5. The first-order chi connectivity index (χ1) is 14.0. The van der Waals surface area contributed by atoms with Crippen molar-refractivity contribution in [2.24, 2.45) is 0 Å². The number of benzene rings is 2. The Kier molecular flexibility index (Phi) is 4.94. The van der Waals surface area contributed by atoms with Crippen LogP contribution in [0.25, 0.3) is 11.0 Å². The zero-order valence-corrected chi connectivity index (χ0v) is 16.6. The number of nitrogens with one attached hydrogen (secondary N) is 1. The van der Waals surface area contributed by atoms with Gasteiger partial charge in [-0.3, -0.25) is 4.57 Å². The lowest BCUT2D eigenvalue weighted by atomic mass is 10.2. The molecule has 0 aliphatic heterocycles. The fourth-order valence-corrected chi connectivity index (χ4v) is 3.21. The van der Waals surface area contributed by atoms with Crippen molar-refractivity contribution in [1.29, 1.82) is 0 Å². The first kappa shape index (κ1) is 18.9. The summed E-state index contributed by atoms with van der Waals surface area (Å²) in [6, 6.07) is 12.6. The van der Waals surface area contributed by atoms with Crippen LogP contribution in [-0.2, 0) is 13.1 Å². The molecule has 0 unspecified atom stereocenters. The zero-order valence-electron chi connectivity index (χ0n) is 15.8. The maximum atomic E-state index is 12.9. The lowest BCUT2D eigenvalue weighted by molar-refractivity contribution is 0.450. The highest BCUT2D eigenvalue weighted by atomic mass is 35.5. The largest absolute Gasteiger partial charge is 0.356 e. The summed E-state index contributed by atoms with van der Waals surface area (Å²) in [4.78, 5) is 29.3. The highest BCUT2D eigenvalue weighted by Gasteiger charge is 2.14. The normalized spacial score (nSPS) is 11.1. The molecule has 0 saturated heterocycles. The predicted molar refractivity (Wildman–Crippen MR) is 111 cm³/mol. The third-order valence-corrected chi connectivity index (χ3v) is 4.88. The first-order valence-corrected chi connectivity index (χ1v) is 9.43. The van der Waals surface area contributed by atoms with Gasteiger partial charge in [-0.1, -0.05) is 28.9 Å². The Hall–Kier alpha value is -3.39. The van der Waals surface area contributed by atoms with Gasteiger partial charge >= 0.3 is 11.4 Å². The van der Waals surface area contributed by atoms with Gasteiger partial charge in [-0.2, -0.15) is 4.98 Å². The molecular weight excluding hydrogens is 394 g/mol. The number of aromatic nitrogens is 4. The number of aryl methyl sites for hydroxylation is 1. The summed E-state index contributed by atoms with van der Waals surface area (Å²) in [6.07, 6.45) is 0. The minimum Gasteiger partial charge on any atom is -0.356 e. The van der Waals surface area contributed by atoms with Crippen molar-refractivity contribution < 1.29 is 4.52 Å². The van der Waals surface area contributed by atoms with Crippen LogP contribution in [0, 0.1) is 6.92 Å². The van der Waals surface area contributed by atoms with Crippen LogP contribution >= 0.6 is 11.6 Å². The fraction of sp³-hybridized carbons (Fsp3) is 0.200. The smallest absolute Gasteiger partial charge is 0.354 e. The quantitative estimate of drug-likeness (QED) is 0.541. The van der Waals surface area contributed by atoms with Crippen molar-refractivity contribution >= 4 is 34.2 Å². The highest BCUT2D eigenvalue weighted by Crippen LogP contribution is 2.23. The standard InChI is InChI=1S/C20H18ClN5O3/c1-3-25-19(27)23-18(22-15-8-9-16-12(2)24-29-17(16)10-15)26(20(25)28)11-13-4-6-14(21)7-5-13/h4-10H,3,11H2,1-2H3,(H,22,23,27). The molecule has 4 aromatic rings. The van der Waals surface area contributed by atoms with Crippen LogP contribution in [0.4, 0.5) is 11.6 Å². The SMILES string of the molecule is CCn1c(=O)nc(Nc2ccc3c(C)noc3c2)n(Cc2ccc(Cl)cc2)c1=O. The number of nitrogens with zero attached hydrogens (tertiary/aromatic N) is 4. The van der Waals surface area contributed by atoms with Crippen LogP contribution in [0.2, 0.25) is 5.02 Å². The van der Waals surface area contributed by atoms with Crippen LogP contribution in [0.3, 0.4) is 0 Å². The lowest BCUT2D eigenvalue weighted by Crippen LogP contribution is -2.42. The summed E-state index contributed by atoms with van der Waals surface area (Å²) in [7, 11) is 0. The van der Waals surface area contributed by atoms with E-state index in [1.54, 1.807) is 25.1 Å². The van der Waals surface area contributed by atoms with Crippen molar-refractivity contribution in [3.63, 3.8) is 0 Å². The Morgan fingerprint density at radius 3 is 2.59 bits per heavy atom. The molecule has 2 heterocycles. The second kappa shape index (κ2) is 7.56. The molecule has 148 valence electrons. The number of halogens is 1. The second-order valence-electron chi connectivity index (χ2n) is 6.56. The van der Waals surface area contributed by atoms with E-state index in [-0.39, 0.29) is 19.0 Å². The van der Waals surface area contributed by atoms with E-state index in [0.717, 1.165) is 21.2 Å². The topological polar surface area (TPSA) is 94.9 Å². The van der Waals surface area contributed by atoms with E-state index in [4.69, 9.17) is 16.1 Å². The van der Waals surface area contributed by atoms with Gasteiger partial charge in [0, 0.05) is 28.7 Å². The van der Waals surface area contributed by atoms with Gasteiger partial charge in [0.2, 0.25) is 5.95 Å². The molecule has 2 aromatic carbocycles. The van der Waals surface area contributed by atoms with Crippen molar-refractivity contribution in [3.8, 4) is 0 Å². The molecule has 1 N–H and O–H groups in total. The molecule has 9 heteroatoms. The van der Waals surface area contributed by atoms with Gasteiger partial charge in [0.1, 0.15) is 0 Å². The van der Waals surface area contributed by atoms with E-state index in [2.05, 4.69) is 15.5 Å². The number of hydrogen-bond acceptors (Lipinski definition) is 6. The number of fused-ring (bicyclic) bond motifs is 1. The summed E-state index contributed by atoms with van der Waals surface area (Å²) in [5.41, 5.74) is 1.81. The van der Waals surface area contributed by atoms with Gasteiger partial charge < -0.3 is 9.84 Å². The highest BCUT2D eigenvalue weighted by molar-refractivity contribution is 6.30. The van der Waals surface area contributed by atoms with Gasteiger partial charge in [-0.25, -0.2) is 14.2 Å². The predicted octanol–water partition coefficient (Wildman–Crippen LogP) is 3.32. The maximum Gasteiger partial charge on any atom is 0.354 e. The molecule has 29 heavy (non-hydrogen) atoms. The Labute approximate surface area is 170 Å². The third-order valence-electron chi connectivity index (χ3n) is 4.63. The van der Waals surface area contributed by atoms with Gasteiger partial charge in [-0.15, -0.1) is 0 Å². The average molecular weight is 412 g/mol. The van der Waals surface area contributed by atoms with Gasteiger partial charge in [0.05, 0.1) is 12.2 Å². The molecule has 0 amide bonds. The molecule has 0 saturated carbocycles. The Morgan fingerprint density at radius 2 is 1.86 bits per heavy atom. The van der Waals surface area contributed by atoms with E-state index in [1.807, 2.05) is 31.2 Å². The second-order valence-corrected chi connectivity index (χ2v) is 7.00. The molecule has 0 aliphatic rings. The summed E-state index contributed by atoms with van der Waals surface area (Å²) >= 11 is 5.95. The van der Waals surface area contributed by atoms with E-state index in [9.17, 15) is 9.59 Å². The van der Waals surface area contributed by atoms with Crippen LogP contribution in [-0.4, -0.2) is 19.3 Å². The Bertz CT molecular complexity index is 1300. The summed E-state index contributed by atoms with van der Waals surface area (Å²) < 4.78 is 7.80. The average Bonchev–Trinajstić information content (AvgIpc) is 3.07. The van der Waals surface area contributed by atoms with Gasteiger partial charge in [0.15, 0.2) is 5.58 Å². The van der Waals surface area contributed by atoms with Crippen LogP contribution in [0.15, 0.2) is 56.6 Å². The number of hydrogen-bond donors (Lipinski definition) is 1. The molecular formula is C20H18ClN5O3. The van der Waals surface area contributed by atoms with E-state index in [0.29, 0.717) is 16.3 Å². The van der Waals surface area contributed by atoms with Gasteiger partial charge in [0.25, 0.3) is 0 Å². The maximum absolute atomic E-state index is 12.9. The van der Waals surface area contributed by atoms with E-state index in [1.165, 1.54) is 4.57 Å². The summed E-state index contributed by atoms with van der Waals surface area (Å²) in [5.74, 6) is 0.148. The number of anilines is 2. The molecule has 0 fully saturated rings. The number of rotatable bonds is 5. The first-order valence-electron chi connectivity index (χ1n) is 9.05. The molecule has 2 aromatic heterocycles. The molecule has 0 spiro atoms. The Balaban J connectivity index is 1.78. The molecule has 0 atom stereocenters. The van der Waals surface area contributed by atoms with Crippen molar-refractivity contribution in [2.45, 2.75) is 26.9 Å². The van der Waals surface area contributed by atoms with Crippen molar-refractivity contribution in [1.82, 2.24) is 19.3 Å². The van der Waals surface area contributed by atoms with E-state index < -0.39 is 11.4 Å². The van der Waals surface area contributed by atoms with Crippen LogP contribution in [0.5, 0.6) is 0 Å². The minimum atomic E-state index is -0.607. The van der Waals surface area contributed by atoms with Crippen molar-refractivity contribution in [3.05, 3.63) is 79.7 Å². The van der Waals surface area contributed by atoms with Crippen molar-refractivity contribution in [2.75, 3.05) is 5.32 Å². The molecule has 0 aliphatic carbocycles. The molecule has 0 bridgehead atoms. The lowest BCUT2D eigenvalue weighted by Gasteiger charge is -2.15. The Morgan fingerprint density at radius 1 is 1.10 bits per heavy atom. The van der Waals surface area contributed by atoms with E-state index >= 15 is 0 Å². The monoisotopic (exact) mass is 411 g/mol. The third kappa shape index (κ3) is 3.66. The van der Waals surface area contributed by atoms with Gasteiger partial charge in [-0.05, 0) is 43.7 Å². The summed E-state index contributed by atoms with van der Waals surface area (Å²) in [6.45, 7) is 4.04. The molecule has 4 rings (SSSR count). The minimum absolute atomic E-state index is 0.148. The summed E-state index contributed by atoms with van der Waals surface area (Å²) in [5, 5.41) is 8.50. The molecule has 8 nitrogen and oxygen atoms in total.